The van der Waals surface area contributed by atoms with Crippen molar-refractivity contribution in [1.29, 1.82) is 0 Å². The van der Waals surface area contributed by atoms with Gasteiger partial charge in [0.25, 0.3) is 20.2 Å². The van der Waals surface area contributed by atoms with Crippen molar-refractivity contribution in [3.8, 4) is 22.5 Å². The van der Waals surface area contributed by atoms with Gasteiger partial charge >= 0.3 is 0 Å². The van der Waals surface area contributed by atoms with E-state index in [0.29, 0.717) is 22.5 Å². The second-order valence-electron chi connectivity index (χ2n) is 7.48. The lowest BCUT2D eigenvalue weighted by Crippen LogP contribution is -2.09. The molecular weight excluding hydrogens is 452 g/mol. The Balaban J connectivity index is 1.93. The van der Waals surface area contributed by atoms with Crippen molar-refractivity contribution in [3.05, 3.63) is 60.7 Å². The van der Waals surface area contributed by atoms with Gasteiger partial charge in [-0.3, -0.25) is 9.11 Å². The van der Waals surface area contributed by atoms with Gasteiger partial charge in [0.15, 0.2) is 0 Å². The lowest BCUT2D eigenvalue weighted by molar-refractivity contribution is 0.481. The highest BCUT2D eigenvalue weighted by Gasteiger charge is 2.32. The van der Waals surface area contributed by atoms with Crippen LogP contribution in [0.1, 0.15) is 0 Å². The van der Waals surface area contributed by atoms with Crippen molar-refractivity contribution < 1.29 is 25.9 Å². The number of rotatable bonds is 2. The number of hydrogen-bond donors (Lipinski definition) is 2. The van der Waals surface area contributed by atoms with Crippen LogP contribution in [0.2, 0.25) is 0 Å². The molecule has 8 nitrogen and oxygen atoms in total. The highest BCUT2D eigenvalue weighted by molar-refractivity contribution is 7.87. The van der Waals surface area contributed by atoms with Crippen LogP contribution in [0, 0.1) is 0 Å². The van der Waals surface area contributed by atoms with Gasteiger partial charge in [0, 0.05) is 27.3 Å². The summed E-state index contributed by atoms with van der Waals surface area (Å²) in [4.78, 5) is 7.90. The summed E-state index contributed by atoms with van der Waals surface area (Å²) in [5.74, 6) is 0. The molecule has 0 radical (unpaired) electrons. The topological polar surface area (TPSA) is 135 Å². The van der Waals surface area contributed by atoms with E-state index >= 15 is 0 Å². The van der Waals surface area contributed by atoms with Gasteiger partial charge in [0.1, 0.15) is 20.8 Å². The maximum absolute atomic E-state index is 12.4. The first-order chi connectivity index (χ1) is 15.2. The molecule has 1 aromatic heterocycles. The number of hydrogen-bond acceptors (Lipinski definition) is 6. The third-order valence-electron chi connectivity index (χ3n) is 5.67. The van der Waals surface area contributed by atoms with Crippen LogP contribution in [0.5, 0.6) is 0 Å². The van der Waals surface area contributed by atoms with Crippen LogP contribution >= 0.6 is 0 Å². The maximum Gasteiger partial charge on any atom is 0.297 e. The monoisotopic (exact) mass is 464 g/mol. The summed E-state index contributed by atoms with van der Waals surface area (Å²) in [5, 5.41) is 1.60. The van der Waals surface area contributed by atoms with Gasteiger partial charge in [-0.05, 0) is 5.39 Å². The van der Waals surface area contributed by atoms with E-state index in [1.807, 2.05) is 36.4 Å². The van der Waals surface area contributed by atoms with Gasteiger partial charge in [-0.25, -0.2) is 9.97 Å². The predicted octanol–water partition coefficient (Wildman–Crippen LogP) is 4.08. The van der Waals surface area contributed by atoms with E-state index in [-0.39, 0.29) is 21.8 Å². The summed E-state index contributed by atoms with van der Waals surface area (Å²) in [7, 11) is -9.67. The molecule has 1 aliphatic rings. The van der Waals surface area contributed by atoms with E-state index in [9.17, 15) is 25.9 Å². The molecule has 6 rings (SSSR count). The summed E-state index contributed by atoms with van der Waals surface area (Å²) in [5.41, 5.74) is 1.50. The fourth-order valence-electron chi connectivity index (χ4n) is 4.52. The standard InChI is InChI=1S/C22H12N2O6S2/c25-31(26,27)21-12-7-1-2-8-13(12)22(32(28,29)30)20-19(21)23-17-14-9-3-5-11-6-4-10-15(16(11)14)18(17)24-20/h1-10H,(H,25,26,27)(H,28,29,30). The van der Waals surface area contributed by atoms with Gasteiger partial charge in [-0.2, -0.15) is 16.8 Å². The summed E-state index contributed by atoms with van der Waals surface area (Å²) < 4.78 is 69.7. The zero-order valence-corrected chi connectivity index (χ0v) is 17.6. The number of benzene rings is 4. The molecular formula is C22H12N2O6S2. The Bertz CT molecular complexity index is 1750. The van der Waals surface area contributed by atoms with Crippen LogP contribution in [-0.2, 0) is 20.2 Å². The Morgan fingerprint density at radius 2 is 1.03 bits per heavy atom. The van der Waals surface area contributed by atoms with Gasteiger partial charge in [0.05, 0.1) is 11.4 Å². The summed E-state index contributed by atoms with van der Waals surface area (Å²) in [6.07, 6.45) is 0. The summed E-state index contributed by atoms with van der Waals surface area (Å²) in [6.45, 7) is 0. The molecule has 4 aromatic carbocycles. The molecule has 0 atom stereocenters. The van der Waals surface area contributed by atoms with Gasteiger partial charge in [-0.1, -0.05) is 60.7 Å². The highest BCUT2D eigenvalue weighted by Crippen LogP contribution is 2.47. The maximum atomic E-state index is 12.4. The molecule has 0 aliphatic heterocycles. The van der Waals surface area contributed by atoms with Crippen molar-refractivity contribution in [1.82, 2.24) is 9.97 Å². The Labute approximate surface area is 181 Å². The van der Waals surface area contributed by atoms with Crippen LogP contribution < -0.4 is 0 Å². The summed E-state index contributed by atoms with van der Waals surface area (Å²) in [6, 6.07) is 16.8. The third kappa shape index (κ3) is 2.49. The predicted molar refractivity (Wildman–Crippen MR) is 119 cm³/mol. The Morgan fingerprint density at radius 3 is 1.44 bits per heavy atom. The van der Waals surface area contributed by atoms with E-state index in [1.165, 1.54) is 24.3 Å². The van der Waals surface area contributed by atoms with Crippen LogP contribution in [0.3, 0.4) is 0 Å². The molecule has 2 N–H and O–H groups in total. The van der Waals surface area contributed by atoms with E-state index in [2.05, 4.69) is 9.97 Å². The molecule has 158 valence electrons. The first-order valence-corrected chi connectivity index (χ1v) is 12.3. The average Bonchev–Trinajstić information content (AvgIpc) is 3.04. The van der Waals surface area contributed by atoms with Crippen molar-refractivity contribution in [2.75, 3.05) is 0 Å². The number of aromatic nitrogens is 2. The SMILES string of the molecule is O=S(=O)(O)c1c2ccccc2c(S(=O)(=O)O)c2nc3c(nc12)-c1cccc2cccc-3c12. The largest absolute Gasteiger partial charge is 0.297 e. The van der Waals surface area contributed by atoms with E-state index in [1.54, 1.807) is 0 Å². The molecule has 0 saturated carbocycles. The van der Waals surface area contributed by atoms with E-state index in [4.69, 9.17) is 0 Å². The molecule has 32 heavy (non-hydrogen) atoms. The minimum absolute atomic E-state index is 0.0851. The van der Waals surface area contributed by atoms with Crippen molar-refractivity contribution in [2.24, 2.45) is 0 Å². The molecule has 10 heteroatoms. The van der Waals surface area contributed by atoms with Crippen LogP contribution in [0.4, 0.5) is 0 Å². The van der Waals surface area contributed by atoms with Crippen LogP contribution in [0.15, 0.2) is 70.5 Å². The number of fused-ring (bicyclic) bond motifs is 5. The second kappa shape index (κ2) is 6.08. The van der Waals surface area contributed by atoms with E-state index < -0.39 is 30.0 Å². The van der Waals surface area contributed by atoms with Crippen molar-refractivity contribution in [3.63, 3.8) is 0 Å². The van der Waals surface area contributed by atoms with Crippen LogP contribution in [-0.4, -0.2) is 35.9 Å². The van der Waals surface area contributed by atoms with Gasteiger partial charge in [-0.15, -0.1) is 0 Å². The number of nitrogens with zero attached hydrogens (tertiary/aromatic N) is 2. The minimum atomic E-state index is -4.83. The van der Waals surface area contributed by atoms with Crippen molar-refractivity contribution in [2.45, 2.75) is 9.79 Å². The molecule has 0 unspecified atom stereocenters. The Kier molecular flexibility index (Phi) is 3.66. The second-order valence-corrected chi connectivity index (χ2v) is 10.2. The Hall–Kier alpha value is -3.44. The summed E-state index contributed by atoms with van der Waals surface area (Å²) >= 11 is 0. The minimum Gasteiger partial charge on any atom is -0.282 e. The molecule has 0 bridgehead atoms. The smallest absolute Gasteiger partial charge is 0.282 e. The zero-order valence-electron chi connectivity index (χ0n) is 16.0. The third-order valence-corrected chi connectivity index (χ3v) is 7.53. The fraction of sp³-hybridized carbons (Fsp3) is 0. The molecule has 0 fully saturated rings. The lowest BCUT2D eigenvalue weighted by atomic mass is 10.0. The van der Waals surface area contributed by atoms with Crippen molar-refractivity contribution >= 4 is 52.8 Å². The van der Waals surface area contributed by atoms with Crippen LogP contribution in [0.25, 0.3) is 55.1 Å². The molecule has 5 aromatic rings. The molecule has 0 spiro atoms. The normalized spacial score (nSPS) is 13.2. The molecule has 1 heterocycles. The zero-order chi connectivity index (χ0) is 22.4. The fourth-order valence-corrected chi connectivity index (χ4v) is 6.20. The highest BCUT2D eigenvalue weighted by atomic mass is 32.2. The molecule has 1 aliphatic carbocycles. The van der Waals surface area contributed by atoms with Gasteiger partial charge in [0.2, 0.25) is 0 Å². The first-order valence-electron chi connectivity index (χ1n) is 9.40. The van der Waals surface area contributed by atoms with Gasteiger partial charge < -0.3 is 0 Å². The quantitative estimate of drug-likeness (QED) is 0.289. The Morgan fingerprint density at radius 1 is 0.594 bits per heavy atom. The molecule has 0 amide bonds. The van der Waals surface area contributed by atoms with E-state index in [0.717, 1.165) is 10.8 Å². The first kappa shape index (κ1) is 19.3. The lowest BCUT2D eigenvalue weighted by Gasteiger charge is -2.14. The molecule has 0 saturated heterocycles. The average molecular weight is 464 g/mol.